The van der Waals surface area contributed by atoms with Gasteiger partial charge in [0.2, 0.25) is 0 Å². The highest BCUT2D eigenvalue weighted by Gasteiger charge is 2.57. The Hall–Kier alpha value is -1.66. The summed E-state index contributed by atoms with van der Waals surface area (Å²) in [7, 11) is 1.87. The summed E-state index contributed by atoms with van der Waals surface area (Å²) >= 11 is 5.82. The summed E-state index contributed by atoms with van der Waals surface area (Å²) in [5, 5.41) is 9.88. The molecule has 0 radical (unpaired) electrons. The van der Waals surface area contributed by atoms with Crippen LogP contribution in [0.25, 0.3) is 0 Å². The Labute approximate surface area is 132 Å². The number of fused-ring (bicyclic) bond motifs is 1. The first-order valence-corrected chi connectivity index (χ1v) is 7.37. The summed E-state index contributed by atoms with van der Waals surface area (Å²) in [5.41, 5.74) is -1.07. The molecule has 2 atom stereocenters. The van der Waals surface area contributed by atoms with Gasteiger partial charge in [-0.2, -0.15) is 0 Å². The Morgan fingerprint density at radius 1 is 1.36 bits per heavy atom. The molecular weight excluding hydrogens is 311 g/mol. The molecule has 3 rings (SSSR count). The van der Waals surface area contributed by atoms with E-state index in [4.69, 9.17) is 11.6 Å². The fraction of sp³-hybridized carbons (Fsp3) is 0.467. The average Bonchev–Trinajstić information content (AvgIpc) is 2.94. The number of aliphatic carboxylic acids is 1. The van der Waals surface area contributed by atoms with E-state index in [2.05, 4.69) is 0 Å². The van der Waals surface area contributed by atoms with E-state index in [1.54, 1.807) is 0 Å². The Morgan fingerprint density at radius 2 is 2.09 bits per heavy atom. The summed E-state index contributed by atoms with van der Waals surface area (Å²) in [4.78, 5) is 27.6. The van der Waals surface area contributed by atoms with Crippen molar-refractivity contribution in [3.8, 4) is 0 Å². The first-order valence-electron chi connectivity index (χ1n) is 7.00. The lowest BCUT2D eigenvalue weighted by Crippen LogP contribution is -2.41. The van der Waals surface area contributed by atoms with Gasteiger partial charge in [-0.15, -0.1) is 0 Å². The maximum absolute atomic E-state index is 13.8. The van der Waals surface area contributed by atoms with Crippen LogP contribution in [0.2, 0.25) is 5.02 Å². The second-order valence-corrected chi connectivity index (χ2v) is 6.60. The van der Waals surface area contributed by atoms with E-state index >= 15 is 0 Å². The number of benzene rings is 1. The minimum Gasteiger partial charge on any atom is -0.481 e. The second-order valence-electron chi connectivity index (χ2n) is 6.16. The van der Waals surface area contributed by atoms with Crippen LogP contribution in [0.4, 0.5) is 4.39 Å². The predicted octanol–water partition coefficient (Wildman–Crippen LogP) is 1.57. The molecule has 118 valence electrons. The smallest absolute Gasteiger partial charge is 0.313 e. The van der Waals surface area contributed by atoms with Crippen LogP contribution >= 0.6 is 11.6 Å². The highest BCUT2D eigenvalue weighted by atomic mass is 35.5. The number of carboxylic acids is 1. The molecule has 5 nitrogen and oxygen atoms in total. The zero-order valence-corrected chi connectivity index (χ0v) is 12.8. The molecule has 2 saturated heterocycles. The number of carboxylic acid groups (broad SMARTS) is 1. The lowest BCUT2D eigenvalue weighted by Gasteiger charge is -2.24. The molecule has 1 N–H and O–H groups in total. The van der Waals surface area contributed by atoms with Gasteiger partial charge in [0.15, 0.2) is 0 Å². The third-order valence-corrected chi connectivity index (χ3v) is 4.89. The molecule has 22 heavy (non-hydrogen) atoms. The molecule has 2 aliphatic rings. The fourth-order valence-electron chi connectivity index (χ4n) is 3.61. The minimum absolute atomic E-state index is 0.0993. The van der Waals surface area contributed by atoms with Crippen LogP contribution in [-0.4, -0.2) is 60.0 Å². The van der Waals surface area contributed by atoms with Crippen LogP contribution < -0.4 is 0 Å². The number of likely N-dealkylation sites (tertiary alicyclic amines) is 2. The van der Waals surface area contributed by atoms with Gasteiger partial charge in [0.05, 0.1) is 5.56 Å². The summed E-state index contributed by atoms with van der Waals surface area (Å²) in [6, 6.07) is 3.81. The van der Waals surface area contributed by atoms with Crippen molar-refractivity contribution in [2.75, 3.05) is 33.2 Å². The Morgan fingerprint density at radius 3 is 2.73 bits per heavy atom. The van der Waals surface area contributed by atoms with E-state index in [9.17, 15) is 19.1 Å². The molecule has 1 aromatic rings. The van der Waals surface area contributed by atoms with Crippen molar-refractivity contribution in [3.05, 3.63) is 34.6 Å². The third-order valence-electron chi connectivity index (χ3n) is 4.65. The predicted molar refractivity (Wildman–Crippen MR) is 78.4 cm³/mol. The molecule has 2 fully saturated rings. The number of rotatable bonds is 2. The molecule has 0 unspecified atom stereocenters. The summed E-state index contributed by atoms with van der Waals surface area (Å²) in [5.74, 6) is -2.18. The molecule has 2 aliphatic heterocycles. The van der Waals surface area contributed by atoms with Gasteiger partial charge in [0.1, 0.15) is 11.2 Å². The number of carbonyl (C=O) groups excluding carboxylic acids is 1. The Kier molecular flexibility index (Phi) is 3.61. The molecule has 0 saturated carbocycles. The van der Waals surface area contributed by atoms with Crippen molar-refractivity contribution < 1.29 is 19.1 Å². The first-order chi connectivity index (χ1) is 10.3. The number of hydrogen-bond acceptors (Lipinski definition) is 3. The van der Waals surface area contributed by atoms with E-state index in [-0.39, 0.29) is 23.0 Å². The molecule has 2 heterocycles. The molecule has 0 aliphatic carbocycles. The SMILES string of the molecule is CN1C[C@H]2CN(C(=O)c3cc(Cl)ccc3F)C[C@@]2(C(=O)O)C1. The molecule has 0 bridgehead atoms. The number of hydrogen-bond donors (Lipinski definition) is 1. The van der Waals surface area contributed by atoms with Crippen LogP contribution in [-0.2, 0) is 4.79 Å². The van der Waals surface area contributed by atoms with Gasteiger partial charge < -0.3 is 14.9 Å². The van der Waals surface area contributed by atoms with Gasteiger partial charge in [-0.3, -0.25) is 9.59 Å². The molecule has 0 spiro atoms. The van der Waals surface area contributed by atoms with Crippen LogP contribution in [0.5, 0.6) is 0 Å². The Bertz CT molecular complexity index is 654. The van der Waals surface area contributed by atoms with Crippen molar-refractivity contribution >= 4 is 23.5 Å². The lowest BCUT2D eigenvalue weighted by molar-refractivity contribution is -0.148. The molecular formula is C15H16ClFN2O3. The monoisotopic (exact) mass is 326 g/mol. The number of carbonyl (C=O) groups is 2. The van der Waals surface area contributed by atoms with Crippen molar-refractivity contribution in [3.63, 3.8) is 0 Å². The zero-order chi connectivity index (χ0) is 16.1. The summed E-state index contributed by atoms with van der Waals surface area (Å²) in [6.07, 6.45) is 0. The zero-order valence-electron chi connectivity index (χ0n) is 12.1. The molecule has 0 aromatic heterocycles. The van der Waals surface area contributed by atoms with E-state index in [0.717, 1.165) is 6.07 Å². The third kappa shape index (κ3) is 2.27. The number of halogens is 2. The Balaban J connectivity index is 1.88. The highest BCUT2D eigenvalue weighted by Crippen LogP contribution is 2.42. The van der Waals surface area contributed by atoms with Gasteiger partial charge >= 0.3 is 5.97 Å². The molecule has 1 amide bonds. The van der Waals surface area contributed by atoms with Gasteiger partial charge in [0.25, 0.3) is 5.91 Å². The lowest BCUT2D eigenvalue weighted by atomic mass is 9.81. The van der Waals surface area contributed by atoms with Crippen LogP contribution in [0, 0.1) is 17.2 Å². The van der Waals surface area contributed by atoms with E-state index in [1.807, 2.05) is 11.9 Å². The fourth-order valence-corrected chi connectivity index (χ4v) is 3.78. The van der Waals surface area contributed by atoms with Gasteiger partial charge in [-0.05, 0) is 25.2 Å². The largest absolute Gasteiger partial charge is 0.481 e. The van der Waals surface area contributed by atoms with Gasteiger partial charge in [-0.1, -0.05) is 11.6 Å². The topological polar surface area (TPSA) is 60.9 Å². The molecule has 1 aromatic carbocycles. The molecule has 7 heteroatoms. The standard InChI is InChI=1S/C15H16ClFN2O3/c1-18-5-9-6-19(8-15(9,7-18)14(21)22)13(20)11-4-10(16)2-3-12(11)17/h2-4,9H,5-8H2,1H3,(H,21,22)/t9-,15-/m0/s1. The second kappa shape index (κ2) is 5.21. The van der Waals surface area contributed by atoms with Gasteiger partial charge in [-0.25, -0.2) is 4.39 Å². The first kappa shape index (κ1) is 15.2. The van der Waals surface area contributed by atoms with Crippen molar-refractivity contribution in [2.24, 2.45) is 11.3 Å². The normalized spacial score (nSPS) is 28.0. The number of amides is 1. The van der Waals surface area contributed by atoms with Crippen molar-refractivity contribution in [2.45, 2.75) is 0 Å². The van der Waals surface area contributed by atoms with Gasteiger partial charge in [0, 0.05) is 37.1 Å². The van der Waals surface area contributed by atoms with E-state index in [0.29, 0.717) is 19.6 Å². The quantitative estimate of drug-likeness (QED) is 0.896. The van der Waals surface area contributed by atoms with E-state index in [1.165, 1.54) is 17.0 Å². The maximum atomic E-state index is 13.8. The maximum Gasteiger partial charge on any atom is 0.313 e. The van der Waals surface area contributed by atoms with Crippen molar-refractivity contribution in [1.82, 2.24) is 9.80 Å². The van der Waals surface area contributed by atoms with Crippen LogP contribution in [0.15, 0.2) is 18.2 Å². The van der Waals surface area contributed by atoms with Crippen LogP contribution in [0.1, 0.15) is 10.4 Å². The number of nitrogens with zero attached hydrogens (tertiary/aromatic N) is 2. The van der Waals surface area contributed by atoms with Crippen molar-refractivity contribution in [1.29, 1.82) is 0 Å². The highest BCUT2D eigenvalue weighted by molar-refractivity contribution is 6.31. The van der Waals surface area contributed by atoms with E-state index < -0.39 is 23.1 Å². The average molecular weight is 327 g/mol. The summed E-state index contributed by atoms with van der Waals surface area (Å²) < 4.78 is 13.8. The van der Waals surface area contributed by atoms with Crippen LogP contribution in [0.3, 0.4) is 0 Å². The summed E-state index contributed by atoms with van der Waals surface area (Å²) in [6.45, 7) is 1.44. The minimum atomic E-state index is -0.959.